The van der Waals surface area contributed by atoms with Crippen LogP contribution in [0.5, 0.6) is 0 Å². The fourth-order valence-electron chi connectivity index (χ4n) is 5.33. The van der Waals surface area contributed by atoms with Gasteiger partial charge in [-0.2, -0.15) is 4.31 Å². The molecule has 1 spiro atoms. The molecule has 1 amide bonds. The van der Waals surface area contributed by atoms with Crippen LogP contribution in [0.2, 0.25) is 0 Å². The summed E-state index contributed by atoms with van der Waals surface area (Å²) in [5.74, 6) is -2.61. The predicted molar refractivity (Wildman–Crippen MR) is 147 cm³/mol. The Morgan fingerprint density at radius 1 is 1.10 bits per heavy atom. The van der Waals surface area contributed by atoms with Crippen molar-refractivity contribution in [2.24, 2.45) is 10.7 Å². The highest BCUT2D eigenvalue weighted by Crippen LogP contribution is 2.52. The van der Waals surface area contributed by atoms with Gasteiger partial charge in [0, 0.05) is 31.4 Å². The van der Waals surface area contributed by atoms with Crippen molar-refractivity contribution in [3.8, 4) is 0 Å². The second-order valence-corrected chi connectivity index (χ2v) is 14.1. The molecule has 0 radical (unpaired) electrons. The van der Waals surface area contributed by atoms with Gasteiger partial charge >= 0.3 is 0 Å². The number of pyridine rings is 1. The summed E-state index contributed by atoms with van der Waals surface area (Å²) in [5, 5.41) is 2.54. The molecule has 0 bridgehead atoms. The average Bonchev–Trinajstić information content (AvgIpc) is 3.42. The molecule has 2 atom stereocenters. The molecule has 1 fully saturated rings. The van der Waals surface area contributed by atoms with Crippen molar-refractivity contribution in [3.05, 3.63) is 89.8 Å². The first-order valence-corrected chi connectivity index (χ1v) is 15.2. The Balaban J connectivity index is 1.61. The summed E-state index contributed by atoms with van der Waals surface area (Å²) in [6.45, 7) is 0.678. The maximum absolute atomic E-state index is 15.6. The topological polar surface area (TPSA) is 155 Å². The predicted octanol–water partition coefficient (Wildman–Crippen LogP) is 2.25. The van der Waals surface area contributed by atoms with Crippen molar-refractivity contribution in [1.82, 2.24) is 13.6 Å². The minimum absolute atomic E-state index is 0.0198. The van der Waals surface area contributed by atoms with Crippen LogP contribution in [0.1, 0.15) is 29.4 Å². The molecule has 3 aromatic rings. The molecule has 2 aliphatic heterocycles. The summed E-state index contributed by atoms with van der Waals surface area (Å²) in [7, 11) is -7.32. The smallest absolute Gasteiger partial charge is 0.274 e. The number of benzene rings is 2. The fourth-order valence-corrected chi connectivity index (χ4v) is 9.07. The fraction of sp³-hybridized carbons (Fsp3) is 0.269. The highest BCUT2D eigenvalue weighted by Gasteiger charge is 2.67. The number of aromatic nitrogens is 1. The number of amides is 1. The zero-order valence-electron chi connectivity index (χ0n) is 22.0. The molecule has 1 saturated heterocycles. The van der Waals surface area contributed by atoms with Crippen LogP contribution < -0.4 is 11.1 Å². The number of halogens is 2. The van der Waals surface area contributed by atoms with Gasteiger partial charge in [-0.15, -0.1) is 0 Å². The van der Waals surface area contributed by atoms with Gasteiger partial charge in [0.05, 0.1) is 11.1 Å². The molecule has 0 aliphatic carbocycles. The largest absolute Gasteiger partial charge is 0.369 e. The standard InChI is InChI=1S/C26H26F2N6O5S2/c1-25(20-14-18(9-10-21(20)28)31-23(35)22-11-8-17(27)15-30-22)26(41(38,39)33(2)24(29)32-25)12-13-34(16-26)40(36,37)19-6-4-3-5-7-19/h3-11,14-15H,12-13,16H2,1-2H3,(H2,29,32)(H,31,35)/t25-,26+/m1/s1. The number of carbonyl (C=O) groups excluding carboxylic acids is 1. The normalized spacial score (nSPS) is 24.3. The van der Waals surface area contributed by atoms with Gasteiger partial charge in [0.15, 0.2) is 0 Å². The van der Waals surface area contributed by atoms with Crippen LogP contribution in [0.25, 0.3) is 0 Å². The summed E-state index contributed by atoms with van der Waals surface area (Å²) in [5.41, 5.74) is 3.85. The van der Waals surface area contributed by atoms with E-state index in [-0.39, 0.29) is 34.8 Å². The van der Waals surface area contributed by atoms with E-state index in [1.807, 2.05) is 0 Å². The molecule has 2 aliphatic rings. The third-order valence-electron chi connectivity index (χ3n) is 7.69. The van der Waals surface area contributed by atoms with Crippen molar-refractivity contribution in [3.63, 3.8) is 0 Å². The number of guanidine groups is 1. The Hall–Kier alpha value is -3.95. The first-order chi connectivity index (χ1) is 19.2. The molecular weight excluding hydrogens is 578 g/mol. The molecule has 3 N–H and O–H groups in total. The van der Waals surface area contributed by atoms with Crippen LogP contribution in [0.3, 0.4) is 0 Å². The van der Waals surface area contributed by atoms with E-state index in [4.69, 9.17) is 5.73 Å². The van der Waals surface area contributed by atoms with Crippen molar-refractivity contribution in [2.45, 2.75) is 28.5 Å². The number of nitrogens with zero attached hydrogens (tertiary/aromatic N) is 4. The number of carbonyl (C=O) groups is 1. The highest BCUT2D eigenvalue weighted by atomic mass is 32.2. The summed E-state index contributed by atoms with van der Waals surface area (Å²) >= 11 is 0. The first kappa shape index (κ1) is 28.6. The van der Waals surface area contributed by atoms with Gasteiger partial charge in [-0.1, -0.05) is 18.2 Å². The lowest BCUT2D eigenvalue weighted by Crippen LogP contribution is -2.66. The number of nitrogens with two attached hydrogens (primary N) is 1. The van der Waals surface area contributed by atoms with Crippen LogP contribution >= 0.6 is 0 Å². The summed E-state index contributed by atoms with van der Waals surface area (Å²) in [6.07, 6.45) is 0.653. The average molecular weight is 605 g/mol. The second kappa shape index (κ2) is 9.85. The molecule has 5 rings (SSSR count). The van der Waals surface area contributed by atoms with E-state index in [0.717, 1.165) is 26.9 Å². The molecule has 3 heterocycles. The Morgan fingerprint density at radius 3 is 2.46 bits per heavy atom. The summed E-state index contributed by atoms with van der Waals surface area (Å²) < 4.78 is 83.7. The zero-order valence-corrected chi connectivity index (χ0v) is 23.6. The third-order valence-corrected chi connectivity index (χ3v) is 12.2. The van der Waals surface area contributed by atoms with Gasteiger partial charge in [-0.25, -0.2) is 39.9 Å². The van der Waals surface area contributed by atoms with Crippen LogP contribution in [0, 0.1) is 11.6 Å². The van der Waals surface area contributed by atoms with E-state index in [1.165, 1.54) is 44.3 Å². The third kappa shape index (κ3) is 4.44. The number of aliphatic imine (C=N–C) groups is 1. The molecule has 0 unspecified atom stereocenters. The minimum atomic E-state index is -4.41. The SMILES string of the molecule is CN1C(N)=N[C@](C)(c2cc(NC(=O)c3ccc(F)cn3)ccc2F)[C@@]2(CCN(S(=O)(=O)c3ccccc3)C2)S1(=O)=O. The number of hydrogen-bond acceptors (Lipinski definition) is 8. The molecule has 15 heteroatoms. The molecule has 11 nitrogen and oxygen atoms in total. The first-order valence-electron chi connectivity index (χ1n) is 12.3. The van der Waals surface area contributed by atoms with Crippen molar-refractivity contribution >= 4 is 37.6 Å². The molecular formula is C26H26F2N6O5S2. The van der Waals surface area contributed by atoms with Gasteiger partial charge in [0.1, 0.15) is 27.6 Å². The maximum atomic E-state index is 15.6. The summed E-state index contributed by atoms with van der Waals surface area (Å²) in [6, 6.07) is 13.3. The number of sulfonamides is 2. The number of nitrogens with one attached hydrogen (secondary N) is 1. The van der Waals surface area contributed by atoms with E-state index in [0.29, 0.717) is 0 Å². The van der Waals surface area contributed by atoms with Gasteiger partial charge in [0.25, 0.3) is 5.91 Å². The Bertz CT molecular complexity index is 1770. The van der Waals surface area contributed by atoms with Gasteiger partial charge in [-0.3, -0.25) is 4.79 Å². The quantitative estimate of drug-likeness (QED) is 0.453. The van der Waals surface area contributed by atoms with Crippen LogP contribution in [0.15, 0.2) is 76.7 Å². The zero-order chi connectivity index (χ0) is 29.8. The maximum Gasteiger partial charge on any atom is 0.274 e. The number of hydrogen-bond donors (Lipinski definition) is 2. The second-order valence-electron chi connectivity index (χ2n) is 9.92. The van der Waals surface area contributed by atoms with Gasteiger partial charge in [0.2, 0.25) is 26.0 Å². The molecule has 216 valence electrons. The van der Waals surface area contributed by atoms with Crippen molar-refractivity contribution in [1.29, 1.82) is 0 Å². The number of rotatable bonds is 5. The summed E-state index contributed by atoms with van der Waals surface area (Å²) in [4.78, 5) is 20.9. The monoisotopic (exact) mass is 604 g/mol. The van der Waals surface area contributed by atoms with Crippen LogP contribution in [-0.4, -0.2) is 67.2 Å². The Morgan fingerprint density at radius 2 is 1.80 bits per heavy atom. The van der Waals surface area contributed by atoms with E-state index in [9.17, 15) is 26.0 Å². The lowest BCUT2D eigenvalue weighted by atomic mass is 9.78. The lowest BCUT2D eigenvalue weighted by Gasteiger charge is -2.48. The Kier molecular flexibility index (Phi) is 6.87. The van der Waals surface area contributed by atoms with E-state index in [2.05, 4.69) is 15.3 Å². The number of anilines is 1. The minimum Gasteiger partial charge on any atom is -0.369 e. The van der Waals surface area contributed by atoms with Crippen molar-refractivity contribution < 1.29 is 30.4 Å². The van der Waals surface area contributed by atoms with Gasteiger partial charge < -0.3 is 11.1 Å². The molecule has 41 heavy (non-hydrogen) atoms. The van der Waals surface area contributed by atoms with E-state index < -0.39 is 60.4 Å². The molecule has 0 saturated carbocycles. The van der Waals surface area contributed by atoms with Crippen LogP contribution in [-0.2, 0) is 25.6 Å². The molecule has 2 aromatic carbocycles. The van der Waals surface area contributed by atoms with E-state index in [1.54, 1.807) is 18.2 Å². The van der Waals surface area contributed by atoms with Crippen LogP contribution in [0.4, 0.5) is 14.5 Å². The molecule has 1 aromatic heterocycles. The van der Waals surface area contributed by atoms with Gasteiger partial charge in [-0.05, 0) is 55.8 Å². The lowest BCUT2D eigenvalue weighted by molar-refractivity contribution is 0.102. The highest BCUT2D eigenvalue weighted by molar-refractivity contribution is 7.91. The van der Waals surface area contributed by atoms with Crippen molar-refractivity contribution in [2.75, 3.05) is 25.5 Å². The van der Waals surface area contributed by atoms with E-state index >= 15 is 4.39 Å². The Labute approximate surface area is 235 Å².